The molecule has 20 heavy (non-hydrogen) atoms. The Kier molecular flexibility index (Phi) is 3.76. The molecule has 0 fully saturated rings. The van der Waals surface area contributed by atoms with E-state index in [-0.39, 0.29) is 0 Å². The molecule has 0 N–H and O–H groups in total. The van der Waals surface area contributed by atoms with E-state index in [0.717, 1.165) is 11.0 Å². The predicted molar refractivity (Wildman–Crippen MR) is 80.2 cm³/mol. The van der Waals surface area contributed by atoms with Crippen molar-refractivity contribution in [1.29, 1.82) is 5.26 Å². The minimum absolute atomic E-state index is 0.560. The quantitative estimate of drug-likeness (QED) is 0.801. The zero-order valence-electron chi connectivity index (χ0n) is 11.8. The van der Waals surface area contributed by atoms with Gasteiger partial charge in [0.15, 0.2) is 11.5 Å². The lowest BCUT2D eigenvalue weighted by Gasteiger charge is -2.04. The van der Waals surface area contributed by atoms with Crippen molar-refractivity contribution in [2.24, 2.45) is 4.99 Å². The normalized spacial score (nSPS) is 12.0. The Morgan fingerprint density at radius 2 is 2.30 bits per heavy atom. The molecule has 0 atom stereocenters. The van der Waals surface area contributed by atoms with Crippen molar-refractivity contribution in [2.45, 2.75) is 20.8 Å². The molecule has 2 heterocycles. The molecule has 0 aliphatic rings. The highest BCUT2D eigenvalue weighted by Gasteiger charge is 2.10. The van der Waals surface area contributed by atoms with E-state index in [9.17, 15) is 0 Å². The number of aliphatic imine (C=N–C) groups is 1. The molecule has 2 aromatic rings. The van der Waals surface area contributed by atoms with E-state index in [1.54, 1.807) is 23.2 Å². The van der Waals surface area contributed by atoms with Crippen molar-refractivity contribution in [3.8, 4) is 6.07 Å². The maximum absolute atomic E-state index is 9.02. The maximum Gasteiger partial charge on any atom is 0.165 e. The maximum atomic E-state index is 9.02. The van der Waals surface area contributed by atoms with Gasteiger partial charge in [-0.25, -0.2) is 9.98 Å². The van der Waals surface area contributed by atoms with Gasteiger partial charge in [0, 0.05) is 11.6 Å². The van der Waals surface area contributed by atoms with Gasteiger partial charge in [-0.2, -0.15) is 15.0 Å². The molecule has 0 amide bonds. The van der Waals surface area contributed by atoms with Gasteiger partial charge >= 0.3 is 0 Å². The van der Waals surface area contributed by atoms with E-state index in [1.165, 1.54) is 0 Å². The first-order valence-electron chi connectivity index (χ1n) is 6.18. The Balaban J connectivity index is 2.59. The lowest BCUT2D eigenvalue weighted by atomic mass is 10.2. The summed E-state index contributed by atoms with van der Waals surface area (Å²) in [4.78, 5) is 8.78. The van der Waals surface area contributed by atoms with Gasteiger partial charge in [0.1, 0.15) is 6.07 Å². The van der Waals surface area contributed by atoms with E-state index < -0.39 is 0 Å². The lowest BCUT2D eigenvalue weighted by molar-refractivity contribution is 0.899. The minimum atomic E-state index is 0.560. The van der Waals surface area contributed by atoms with Crippen LogP contribution < -0.4 is 0 Å². The van der Waals surface area contributed by atoms with Crippen LogP contribution in [0.3, 0.4) is 0 Å². The van der Waals surface area contributed by atoms with Crippen LogP contribution in [0.4, 0.5) is 0 Å². The minimum Gasteiger partial charge on any atom is -0.237 e. The number of hydrogen-bond donors (Lipinski definition) is 0. The highest BCUT2D eigenvalue weighted by atomic mass is 15.3. The molecule has 0 spiro atoms. The summed E-state index contributed by atoms with van der Waals surface area (Å²) in [5.41, 5.74) is 2.79. The third-order valence-electron chi connectivity index (χ3n) is 2.75. The van der Waals surface area contributed by atoms with E-state index in [0.29, 0.717) is 22.7 Å². The molecular formula is C15H15N5. The Morgan fingerprint density at radius 1 is 1.55 bits per heavy atom. The van der Waals surface area contributed by atoms with Gasteiger partial charge in [-0.15, -0.1) is 0 Å². The first kappa shape index (κ1) is 13.7. The van der Waals surface area contributed by atoms with E-state index in [1.807, 2.05) is 26.8 Å². The Morgan fingerprint density at radius 3 is 2.90 bits per heavy atom. The van der Waals surface area contributed by atoms with Crippen molar-refractivity contribution >= 4 is 23.1 Å². The van der Waals surface area contributed by atoms with Crippen LogP contribution in [0, 0.1) is 18.3 Å². The number of aryl methyl sites for hydroxylation is 1. The van der Waals surface area contributed by atoms with Crippen molar-refractivity contribution in [2.75, 3.05) is 0 Å². The number of fused-ring (bicyclic) bond motifs is 1. The number of pyridine rings is 1. The summed E-state index contributed by atoms with van der Waals surface area (Å²) < 4.78 is 1.66. The monoisotopic (exact) mass is 265 g/mol. The summed E-state index contributed by atoms with van der Waals surface area (Å²) >= 11 is 0. The summed E-state index contributed by atoms with van der Waals surface area (Å²) in [6.45, 7) is 9.35. The Bertz CT molecular complexity index is 771. The highest BCUT2D eigenvalue weighted by Crippen LogP contribution is 2.19. The SMILES string of the molecule is C=C(C)/C=N\C(=CC)n1ncc2cc(C#N)c(C)nc21. The number of nitriles is 1. The molecule has 5 heteroatoms. The van der Waals surface area contributed by atoms with E-state index in [2.05, 4.69) is 27.7 Å². The van der Waals surface area contributed by atoms with Gasteiger partial charge in [0.05, 0.1) is 17.5 Å². The smallest absolute Gasteiger partial charge is 0.165 e. The predicted octanol–water partition coefficient (Wildman–Crippen LogP) is 3.08. The third-order valence-corrected chi connectivity index (χ3v) is 2.75. The molecule has 0 unspecified atom stereocenters. The zero-order chi connectivity index (χ0) is 14.7. The summed E-state index contributed by atoms with van der Waals surface area (Å²) in [5, 5.41) is 14.1. The van der Waals surface area contributed by atoms with Gasteiger partial charge in [-0.1, -0.05) is 6.58 Å². The van der Waals surface area contributed by atoms with Crippen LogP contribution in [0.25, 0.3) is 16.9 Å². The van der Waals surface area contributed by atoms with E-state index >= 15 is 0 Å². The molecule has 0 aromatic carbocycles. The fourth-order valence-electron chi connectivity index (χ4n) is 1.76. The number of nitrogens with zero attached hydrogens (tertiary/aromatic N) is 5. The molecular weight excluding hydrogens is 250 g/mol. The number of aromatic nitrogens is 3. The van der Waals surface area contributed by atoms with Gasteiger partial charge in [-0.05, 0) is 38.5 Å². The fourth-order valence-corrected chi connectivity index (χ4v) is 1.76. The van der Waals surface area contributed by atoms with Gasteiger partial charge < -0.3 is 0 Å². The van der Waals surface area contributed by atoms with Crippen LogP contribution >= 0.6 is 0 Å². The summed E-state index contributed by atoms with van der Waals surface area (Å²) in [7, 11) is 0. The van der Waals surface area contributed by atoms with Crippen LogP contribution in [0.1, 0.15) is 25.1 Å². The number of rotatable bonds is 3. The van der Waals surface area contributed by atoms with Crippen LogP contribution in [0.15, 0.2) is 35.5 Å². The second kappa shape index (κ2) is 5.49. The molecule has 2 rings (SSSR count). The van der Waals surface area contributed by atoms with Crippen LogP contribution in [-0.2, 0) is 0 Å². The number of hydrogen-bond acceptors (Lipinski definition) is 4. The lowest BCUT2D eigenvalue weighted by Crippen LogP contribution is -2.00. The standard InChI is InChI=1S/C15H15N5/c1-5-14(17-8-10(2)3)20-15-13(9-18-20)6-12(7-16)11(4)19-15/h5-6,8-9H,2H2,1,3-4H3/b14-5?,17-8-. The Hall–Kier alpha value is -2.74. The molecule has 0 radical (unpaired) electrons. The fraction of sp³-hybridized carbons (Fsp3) is 0.200. The molecule has 0 saturated heterocycles. The van der Waals surface area contributed by atoms with Gasteiger partial charge in [0.25, 0.3) is 0 Å². The molecule has 0 aliphatic carbocycles. The summed E-state index contributed by atoms with van der Waals surface area (Å²) in [6.07, 6.45) is 5.21. The second-order valence-electron chi connectivity index (χ2n) is 4.45. The van der Waals surface area contributed by atoms with Crippen LogP contribution in [0.5, 0.6) is 0 Å². The van der Waals surface area contributed by atoms with E-state index in [4.69, 9.17) is 5.26 Å². The largest absolute Gasteiger partial charge is 0.237 e. The average Bonchev–Trinajstić information content (AvgIpc) is 2.81. The topological polar surface area (TPSA) is 66.9 Å². The third kappa shape index (κ3) is 2.50. The molecule has 0 aliphatic heterocycles. The van der Waals surface area contributed by atoms with Crippen molar-refractivity contribution in [3.63, 3.8) is 0 Å². The number of allylic oxidation sites excluding steroid dienone is 2. The summed E-state index contributed by atoms with van der Waals surface area (Å²) in [5.74, 6) is 0.666. The van der Waals surface area contributed by atoms with Crippen molar-refractivity contribution < 1.29 is 0 Å². The van der Waals surface area contributed by atoms with Gasteiger partial charge in [-0.3, -0.25) is 0 Å². The van der Waals surface area contributed by atoms with Crippen LogP contribution in [0.2, 0.25) is 0 Å². The van der Waals surface area contributed by atoms with Crippen molar-refractivity contribution in [3.05, 3.63) is 41.7 Å². The van der Waals surface area contributed by atoms with Crippen molar-refractivity contribution in [1.82, 2.24) is 14.8 Å². The summed E-state index contributed by atoms with van der Waals surface area (Å²) in [6, 6.07) is 3.91. The first-order chi connectivity index (χ1) is 9.56. The van der Waals surface area contributed by atoms with Crippen LogP contribution in [-0.4, -0.2) is 21.0 Å². The highest BCUT2D eigenvalue weighted by molar-refractivity contribution is 5.83. The average molecular weight is 265 g/mol. The molecule has 0 saturated carbocycles. The Labute approximate surface area is 117 Å². The molecule has 2 aromatic heterocycles. The first-order valence-corrected chi connectivity index (χ1v) is 6.18. The molecule has 100 valence electrons. The molecule has 5 nitrogen and oxygen atoms in total. The zero-order valence-corrected chi connectivity index (χ0v) is 11.8. The second-order valence-corrected chi connectivity index (χ2v) is 4.45. The van der Waals surface area contributed by atoms with Gasteiger partial charge in [0.2, 0.25) is 0 Å². The molecule has 0 bridgehead atoms.